The number of nitriles is 1. The number of hydrogen-bond acceptors (Lipinski definition) is 5. The first-order valence-corrected chi connectivity index (χ1v) is 6.99. The van der Waals surface area contributed by atoms with Gasteiger partial charge < -0.3 is 5.32 Å². The summed E-state index contributed by atoms with van der Waals surface area (Å²) in [6, 6.07) is 7.84. The van der Waals surface area contributed by atoms with Crippen LogP contribution >= 0.6 is 0 Å². The molecule has 2 heterocycles. The second-order valence-corrected chi connectivity index (χ2v) is 5.35. The van der Waals surface area contributed by atoms with Crippen LogP contribution in [0.5, 0.6) is 0 Å². The molecular formula is C16H19N5. The lowest BCUT2D eigenvalue weighted by atomic mass is 9.99. The third kappa shape index (κ3) is 3.76. The Morgan fingerprint density at radius 1 is 1.29 bits per heavy atom. The molecule has 2 aromatic heterocycles. The van der Waals surface area contributed by atoms with Gasteiger partial charge >= 0.3 is 0 Å². The van der Waals surface area contributed by atoms with Crippen molar-refractivity contribution in [1.29, 1.82) is 5.26 Å². The van der Waals surface area contributed by atoms with Gasteiger partial charge in [0.15, 0.2) is 0 Å². The molecule has 0 aliphatic carbocycles. The van der Waals surface area contributed by atoms with Gasteiger partial charge in [0, 0.05) is 18.9 Å². The van der Waals surface area contributed by atoms with E-state index in [4.69, 9.17) is 0 Å². The van der Waals surface area contributed by atoms with E-state index in [0.717, 1.165) is 12.1 Å². The molecule has 0 fully saturated rings. The van der Waals surface area contributed by atoms with Gasteiger partial charge in [0.2, 0.25) is 5.95 Å². The lowest BCUT2D eigenvalue weighted by Gasteiger charge is -2.13. The Hall–Kier alpha value is -2.48. The molecule has 0 spiro atoms. The van der Waals surface area contributed by atoms with E-state index in [2.05, 4.69) is 40.2 Å². The molecule has 0 bridgehead atoms. The Balaban J connectivity index is 2.33. The number of nitrogens with zero attached hydrogens (tertiary/aromatic N) is 4. The van der Waals surface area contributed by atoms with E-state index in [9.17, 15) is 5.26 Å². The standard InChI is InChI=1S/C16H19N5/c1-11(2)9-19-16-20-10-12(3)15(21-16)13(8-17)14-6-4-5-7-18-14/h4-7,10-11,13H,9H2,1-3H3,(H,19,20,21). The van der Waals surface area contributed by atoms with Gasteiger partial charge in [0.05, 0.1) is 17.5 Å². The molecule has 1 atom stereocenters. The molecule has 108 valence electrons. The van der Waals surface area contributed by atoms with Gasteiger partial charge in [-0.3, -0.25) is 4.98 Å². The van der Waals surface area contributed by atoms with E-state index < -0.39 is 5.92 Å². The van der Waals surface area contributed by atoms with Crippen molar-refractivity contribution in [3.05, 3.63) is 47.5 Å². The highest BCUT2D eigenvalue weighted by Crippen LogP contribution is 2.23. The SMILES string of the molecule is Cc1cnc(NCC(C)C)nc1C(C#N)c1ccccn1. The molecule has 5 nitrogen and oxygen atoms in total. The van der Waals surface area contributed by atoms with Crippen LogP contribution in [0.1, 0.15) is 36.7 Å². The van der Waals surface area contributed by atoms with Crippen LogP contribution in [0.15, 0.2) is 30.6 Å². The summed E-state index contributed by atoms with van der Waals surface area (Å²) in [4.78, 5) is 13.0. The van der Waals surface area contributed by atoms with Crippen LogP contribution in [0.3, 0.4) is 0 Å². The Morgan fingerprint density at radius 2 is 2.10 bits per heavy atom. The van der Waals surface area contributed by atoms with Crippen LogP contribution < -0.4 is 5.32 Å². The summed E-state index contributed by atoms with van der Waals surface area (Å²) in [7, 11) is 0. The topological polar surface area (TPSA) is 74.5 Å². The number of rotatable bonds is 5. The highest BCUT2D eigenvalue weighted by atomic mass is 15.1. The minimum Gasteiger partial charge on any atom is -0.354 e. The van der Waals surface area contributed by atoms with Crippen molar-refractivity contribution in [3.8, 4) is 6.07 Å². The summed E-state index contributed by atoms with van der Waals surface area (Å²) < 4.78 is 0. The van der Waals surface area contributed by atoms with Gasteiger partial charge in [0.25, 0.3) is 0 Å². The molecular weight excluding hydrogens is 262 g/mol. The van der Waals surface area contributed by atoms with Crippen molar-refractivity contribution in [2.75, 3.05) is 11.9 Å². The molecule has 0 aliphatic rings. The van der Waals surface area contributed by atoms with Gasteiger partial charge in [-0.25, -0.2) is 9.97 Å². The lowest BCUT2D eigenvalue weighted by Crippen LogP contribution is -2.13. The minimum atomic E-state index is -0.478. The highest BCUT2D eigenvalue weighted by molar-refractivity contribution is 5.38. The largest absolute Gasteiger partial charge is 0.354 e. The first-order valence-electron chi connectivity index (χ1n) is 6.99. The smallest absolute Gasteiger partial charge is 0.222 e. The first-order chi connectivity index (χ1) is 10.1. The van der Waals surface area contributed by atoms with Crippen LogP contribution in [0.25, 0.3) is 0 Å². The number of pyridine rings is 1. The number of nitrogens with one attached hydrogen (secondary N) is 1. The van der Waals surface area contributed by atoms with Crippen molar-refractivity contribution in [2.24, 2.45) is 5.92 Å². The van der Waals surface area contributed by atoms with Crippen molar-refractivity contribution < 1.29 is 0 Å². The van der Waals surface area contributed by atoms with Gasteiger partial charge in [-0.2, -0.15) is 5.26 Å². The molecule has 0 amide bonds. The normalized spacial score (nSPS) is 12.0. The van der Waals surface area contributed by atoms with Gasteiger partial charge in [-0.1, -0.05) is 19.9 Å². The van der Waals surface area contributed by atoms with Crippen molar-refractivity contribution >= 4 is 5.95 Å². The van der Waals surface area contributed by atoms with Crippen molar-refractivity contribution in [2.45, 2.75) is 26.7 Å². The minimum absolute atomic E-state index is 0.478. The van der Waals surface area contributed by atoms with Crippen LogP contribution in [0, 0.1) is 24.2 Å². The van der Waals surface area contributed by atoms with Gasteiger partial charge in [0.1, 0.15) is 5.92 Å². The van der Waals surface area contributed by atoms with Crippen molar-refractivity contribution in [3.63, 3.8) is 0 Å². The van der Waals surface area contributed by atoms with Gasteiger partial charge in [-0.05, 0) is 30.5 Å². The average Bonchev–Trinajstić information content (AvgIpc) is 2.49. The fraction of sp³-hybridized carbons (Fsp3) is 0.375. The number of hydrogen-bond donors (Lipinski definition) is 1. The monoisotopic (exact) mass is 281 g/mol. The van der Waals surface area contributed by atoms with Crippen LogP contribution in [-0.4, -0.2) is 21.5 Å². The average molecular weight is 281 g/mol. The first kappa shape index (κ1) is 14.9. The third-order valence-electron chi connectivity index (χ3n) is 3.07. The second-order valence-electron chi connectivity index (χ2n) is 5.35. The molecule has 1 unspecified atom stereocenters. The summed E-state index contributed by atoms with van der Waals surface area (Å²) in [5.74, 6) is 0.579. The quantitative estimate of drug-likeness (QED) is 0.912. The molecule has 2 aromatic rings. The zero-order valence-corrected chi connectivity index (χ0v) is 12.5. The highest BCUT2D eigenvalue weighted by Gasteiger charge is 2.19. The van der Waals surface area contributed by atoms with E-state index in [1.165, 1.54) is 0 Å². The maximum Gasteiger partial charge on any atom is 0.222 e. The zero-order chi connectivity index (χ0) is 15.2. The van der Waals surface area contributed by atoms with Crippen LogP contribution in [0.4, 0.5) is 5.95 Å². The van der Waals surface area contributed by atoms with Gasteiger partial charge in [-0.15, -0.1) is 0 Å². The Morgan fingerprint density at radius 3 is 2.71 bits per heavy atom. The van der Waals surface area contributed by atoms with E-state index in [0.29, 0.717) is 23.3 Å². The Kier molecular flexibility index (Phi) is 4.83. The Bertz CT molecular complexity index is 631. The maximum absolute atomic E-state index is 9.50. The molecule has 0 saturated heterocycles. The summed E-state index contributed by atoms with van der Waals surface area (Å²) in [5.41, 5.74) is 2.30. The van der Waals surface area contributed by atoms with E-state index in [1.807, 2.05) is 25.1 Å². The maximum atomic E-state index is 9.50. The fourth-order valence-corrected chi connectivity index (χ4v) is 1.94. The van der Waals surface area contributed by atoms with E-state index in [-0.39, 0.29) is 0 Å². The molecule has 0 aromatic carbocycles. The summed E-state index contributed by atoms with van der Waals surface area (Å²) >= 11 is 0. The molecule has 21 heavy (non-hydrogen) atoms. The summed E-state index contributed by atoms with van der Waals surface area (Å²) in [6.07, 6.45) is 3.44. The Labute approximate surface area is 125 Å². The summed E-state index contributed by atoms with van der Waals surface area (Å²) in [5, 5.41) is 12.7. The molecule has 0 saturated carbocycles. The molecule has 2 rings (SSSR count). The molecule has 5 heteroatoms. The second kappa shape index (κ2) is 6.80. The van der Waals surface area contributed by atoms with E-state index in [1.54, 1.807) is 12.4 Å². The third-order valence-corrected chi connectivity index (χ3v) is 3.07. The molecule has 1 N–H and O–H groups in total. The number of anilines is 1. The number of aromatic nitrogens is 3. The van der Waals surface area contributed by atoms with Crippen LogP contribution in [0.2, 0.25) is 0 Å². The fourth-order valence-electron chi connectivity index (χ4n) is 1.94. The van der Waals surface area contributed by atoms with E-state index >= 15 is 0 Å². The lowest BCUT2D eigenvalue weighted by molar-refractivity contribution is 0.683. The van der Waals surface area contributed by atoms with Crippen LogP contribution in [-0.2, 0) is 0 Å². The number of aryl methyl sites for hydroxylation is 1. The summed E-state index contributed by atoms with van der Waals surface area (Å²) in [6.45, 7) is 6.94. The predicted molar refractivity (Wildman–Crippen MR) is 81.8 cm³/mol. The molecule has 0 aliphatic heterocycles. The van der Waals surface area contributed by atoms with Crippen molar-refractivity contribution in [1.82, 2.24) is 15.0 Å². The zero-order valence-electron chi connectivity index (χ0n) is 12.5. The predicted octanol–water partition coefficient (Wildman–Crippen LogP) is 2.90. The molecule has 0 radical (unpaired) electrons.